The summed E-state index contributed by atoms with van der Waals surface area (Å²) in [6.45, 7) is 1.88. The Balaban J connectivity index is 1.73. The van der Waals surface area contributed by atoms with Crippen LogP contribution in [0.2, 0.25) is 0 Å². The molecule has 0 saturated heterocycles. The average molecular weight is 398 g/mol. The Morgan fingerprint density at radius 3 is 2.79 bits per heavy atom. The Hall–Kier alpha value is -2.80. The number of pyridine rings is 1. The maximum absolute atomic E-state index is 14.6. The molecule has 29 heavy (non-hydrogen) atoms. The minimum absolute atomic E-state index is 0.221. The number of unbranched alkanes of at least 4 members (excludes halogenated alkanes) is 2. The number of carbonyl (C=O) groups is 1. The van der Waals surface area contributed by atoms with E-state index in [0.717, 1.165) is 30.2 Å². The molecule has 0 unspecified atom stereocenters. The SMILES string of the molecule is CCC(=O)CCCCC[C@H](N)c1nc(F)c(-c2cc3ccccc3nc2OC)[nH]1. The van der Waals surface area contributed by atoms with Crippen molar-refractivity contribution in [2.24, 2.45) is 5.73 Å². The second-order valence-corrected chi connectivity index (χ2v) is 7.12. The fourth-order valence-corrected chi connectivity index (χ4v) is 3.33. The highest BCUT2D eigenvalue weighted by atomic mass is 19.1. The summed E-state index contributed by atoms with van der Waals surface area (Å²) in [5, 5.41) is 0.879. The lowest BCUT2D eigenvalue weighted by molar-refractivity contribution is -0.118. The first kappa shape index (κ1) is 20.9. The van der Waals surface area contributed by atoms with E-state index in [-0.39, 0.29) is 11.5 Å². The molecule has 154 valence electrons. The fraction of sp³-hybridized carbons (Fsp3) is 0.409. The standard InChI is InChI=1S/C22H27FN4O2/c1-3-15(28)10-5-4-6-11-17(24)21-26-19(20(23)27-21)16-13-14-9-7-8-12-18(14)25-22(16)29-2/h7-9,12-13,17H,3-6,10-11,24H2,1-2H3,(H,26,27)/t17-/m0/s1. The second-order valence-electron chi connectivity index (χ2n) is 7.12. The van der Waals surface area contributed by atoms with Crippen molar-refractivity contribution in [1.29, 1.82) is 0 Å². The number of hydrogen-bond acceptors (Lipinski definition) is 5. The molecule has 0 saturated carbocycles. The number of fused-ring (bicyclic) bond motifs is 1. The van der Waals surface area contributed by atoms with Crippen LogP contribution in [0, 0.1) is 5.95 Å². The Morgan fingerprint density at radius 2 is 2.03 bits per heavy atom. The monoisotopic (exact) mass is 398 g/mol. The largest absolute Gasteiger partial charge is 0.480 e. The lowest BCUT2D eigenvalue weighted by atomic mass is 10.1. The van der Waals surface area contributed by atoms with Gasteiger partial charge in [-0.2, -0.15) is 4.39 Å². The summed E-state index contributed by atoms with van der Waals surface area (Å²) in [6, 6.07) is 9.01. The molecule has 2 aromatic heterocycles. The maximum atomic E-state index is 14.6. The molecule has 1 aromatic carbocycles. The number of nitrogens with zero attached hydrogens (tertiary/aromatic N) is 2. The molecule has 6 nitrogen and oxygen atoms in total. The number of rotatable bonds is 10. The Morgan fingerprint density at radius 1 is 1.24 bits per heavy atom. The molecular weight excluding hydrogens is 371 g/mol. The number of halogens is 1. The van der Waals surface area contributed by atoms with Gasteiger partial charge in [0.2, 0.25) is 11.8 Å². The van der Waals surface area contributed by atoms with Gasteiger partial charge >= 0.3 is 0 Å². The van der Waals surface area contributed by atoms with Gasteiger partial charge in [0, 0.05) is 18.2 Å². The van der Waals surface area contributed by atoms with Crippen LogP contribution in [0.3, 0.4) is 0 Å². The molecule has 1 atom stereocenters. The summed E-state index contributed by atoms with van der Waals surface area (Å²) in [5.41, 5.74) is 7.71. The maximum Gasteiger partial charge on any atom is 0.239 e. The molecule has 0 aliphatic heterocycles. The molecule has 0 aliphatic carbocycles. The van der Waals surface area contributed by atoms with Crippen LogP contribution in [0.15, 0.2) is 30.3 Å². The number of nitrogens with two attached hydrogens (primary N) is 1. The van der Waals surface area contributed by atoms with Gasteiger partial charge in [-0.05, 0) is 25.0 Å². The van der Waals surface area contributed by atoms with Crippen molar-refractivity contribution in [2.75, 3.05) is 7.11 Å². The zero-order valence-corrected chi connectivity index (χ0v) is 16.9. The van der Waals surface area contributed by atoms with Crippen molar-refractivity contribution < 1.29 is 13.9 Å². The van der Waals surface area contributed by atoms with Crippen molar-refractivity contribution in [3.63, 3.8) is 0 Å². The van der Waals surface area contributed by atoms with Crippen LogP contribution in [0.4, 0.5) is 4.39 Å². The third-order valence-electron chi connectivity index (χ3n) is 5.05. The summed E-state index contributed by atoms with van der Waals surface area (Å²) in [7, 11) is 1.50. The van der Waals surface area contributed by atoms with Gasteiger partial charge in [-0.1, -0.05) is 38.0 Å². The second kappa shape index (κ2) is 9.60. The predicted octanol–water partition coefficient (Wildman–Crippen LogP) is 4.70. The number of nitrogens with one attached hydrogen (secondary N) is 1. The minimum Gasteiger partial charge on any atom is -0.480 e. The number of carbonyl (C=O) groups excluding carboxylic acids is 1. The third kappa shape index (κ3) is 4.98. The first-order chi connectivity index (χ1) is 14.0. The van der Waals surface area contributed by atoms with E-state index in [0.29, 0.717) is 36.5 Å². The van der Waals surface area contributed by atoms with E-state index < -0.39 is 12.0 Å². The first-order valence-electron chi connectivity index (χ1n) is 10.00. The van der Waals surface area contributed by atoms with Gasteiger partial charge < -0.3 is 15.5 Å². The molecule has 0 fully saturated rings. The predicted molar refractivity (Wildman–Crippen MR) is 111 cm³/mol. The summed E-state index contributed by atoms with van der Waals surface area (Å²) in [4.78, 5) is 22.8. The molecule has 0 bridgehead atoms. The molecule has 7 heteroatoms. The van der Waals surface area contributed by atoms with Crippen molar-refractivity contribution >= 4 is 16.7 Å². The van der Waals surface area contributed by atoms with Crippen LogP contribution in [-0.2, 0) is 4.79 Å². The van der Waals surface area contributed by atoms with Gasteiger partial charge in [0.25, 0.3) is 0 Å². The molecule has 0 aliphatic rings. The van der Waals surface area contributed by atoms with E-state index >= 15 is 0 Å². The number of Topliss-reactive ketones (excluding diaryl/α,β-unsaturated/α-hetero) is 1. The van der Waals surface area contributed by atoms with E-state index in [2.05, 4.69) is 15.0 Å². The van der Waals surface area contributed by atoms with E-state index in [1.54, 1.807) is 0 Å². The van der Waals surface area contributed by atoms with E-state index in [1.807, 2.05) is 37.3 Å². The number of H-pyrrole nitrogens is 1. The lowest BCUT2D eigenvalue weighted by Gasteiger charge is -2.09. The van der Waals surface area contributed by atoms with Crippen molar-refractivity contribution in [1.82, 2.24) is 15.0 Å². The highest BCUT2D eigenvalue weighted by molar-refractivity contribution is 5.85. The van der Waals surface area contributed by atoms with Gasteiger partial charge in [0.05, 0.1) is 24.2 Å². The smallest absolute Gasteiger partial charge is 0.239 e. The number of methoxy groups -OCH3 is 1. The summed E-state index contributed by atoms with van der Waals surface area (Å²) < 4.78 is 20.0. The van der Waals surface area contributed by atoms with Crippen molar-refractivity contribution in [2.45, 2.75) is 51.5 Å². The number of aromatic amines is 1. The summed E-state index contributed by atoms with van der Waals surface area (Å²) in [6.07, 6.45) is 4.49. The molecule has 3 N–H and O–H groups in total. The van der Waals surface area contributed by atoms with Crippen molar-refractivity contribution in [3.05, 3.63) is 42.1 Å². The summed E-state index contributed by atoms with van der Waals surface area (Å²) in [5.74, 6) is 0.383. The molecule has 3 aromatic rings. The highest BCUT2D eigenvalue weighted by Gasteiger charge is 2.20. The zero-order chi connectivity index (χ0) is 20.8. The molecule has 2 heterocycles. The summed E-state index contributed by atoms with van der Waals surface area (Å²) >= 11 is 0. The highest BCUT2D eigenvalue weighted by Crippen LogP contribution is 2.33. The average Bonchev–Trinajstić information content (AvgIpc) is 3.13. The molecular formula is C22H27FN4O2. The van der Waals surface area contributed by atoms with Crippen LogP contribution in [0.5, 0.6) is 5.88 Å². The fourth-order valence-electron chi connectivity index (χ4n) is 3.33. The van der Waals surface area contributed by atoms with Crippen LogP contribution in [0.25, 0.3) is 22.2 Å². The van der Waals surface area contributed by atoms with Crippen LogP contribution < -0.4 is 10.5 Å². The Kier molecular flexibility index (Phi) is 6.93. The number of ketones is 1. The molecule has 3 rings (SSSR count). The Bertz CT molecular complexity index is 986. The van der Waals surface area contributed by atoms with E-state index in [4.69, 9.17) is 10.5 Å². The van der Waals surface area contributed by atoms with Crippen molar-refractivity contribution in [3.8, 4) is 17.1 Å². The van der Waals surface area contributed by atoms with Gasteiger partial charge in [0.1, 0.15) is 17.3 Å². The van der Waals surface area contributed by atoms with Gasteiger partial charge in [-0.25, -0.2) is 9.97 Å². The van der Waals surface area contributed by atoms with Crippen LogP contribution >= 0.6 is 0 Å². The topological polar surface area (TPSA) is 93.9 Å². The van der Waals surface area contributed by atoms with E-state index in [1.165, 1.54) is 7.11 Å². The van der Waals surface area contributed by atoms with Gasteiger partial charge in [-0.15, -0.1) is 0 Å². The number of hydrogen-bond donors (Lipinski definition) is 2. The molecule has 0 radical (unpaired) electrons. The third-order valence-corrected chi connectivity index (χ3v) is 5.05. The quantitative estimate of drug-likeness (QED) is 0.483. The normalized spacial score (nSPS) is 12.3. The van der Waals surface area contributed by atoms with Gasteiger partial charge in [0.15, 0.2) is 0 Å². The van der Waals surface area contributed by atoms with Gasteiger partial charge in [-0.3, -0.25) is 4.79 Å². The van der Waals surface area contributed by atoms with Crippen LogP contribution in [0.1, 0.15) is 57.3 Å². The number of imidazole rings is 1. The number of benzene rings is 1. The minimum atomic E-state index is -0.626. The number of ether oxygens (including phenoxy) is 1. The number of para-hydroxylation sites is 1. The zero-order valence-electron chi connectivity index (χ0n) is 16.9. The van der Waals surface area contributed by atoms with Crippen LogP contribution in [-0.4, -0.2) is 27.8 Å². The molecule has 0 spiro atoms. The lowest BCUT2D eigenvalue weighted by Crippen LogP contribution is -2.12. The first-order valence-corrected chi connectivity index (χ1v) is 10.00. The number of aromatic nitrogens is 3. The molecule has 0 amide bonds. The van der Waals surface area contributed by atoms with E-state index in [9.17, 15) is 9.18 Å². The Labute approximate surface area is 169 Å².